The summed E-state index contributed by atoms with van der Waals surface area (Å²) < 4.78 is 12.2. The predicted octanol–water partition coefficient (Wildman–Crippen LogP) is 3.42. The van der Waals surface area contributed by atoms with Crippen molar-refractivity contribution in [1.29, 1.82) is 0 Å². The van der Waals surface area contributed by atoms with Crippen LogP contribution < -0.4 is 9.47 Å². The SMILES string of the molecule is COc1ccc(-c2nc3ccccn3c2N=O)c(OC)c1. The van der Waals surface area contributed by atoms with Crippen LogP contribution in [0.2, 0.25) is 0 Å². The summed E-state index contributed by atoms with van der Waals surface area (Å²) in [6.07, 6.45) is 1.75. The summed E-state index contributed by atoms with van der Waals surface area (Å²) in [7, 11) is 3.14. The lowest BCUT2D eigenvalue weighted by Gasteiger charge is -2.08. The fourth-order valence-electron chi connectivity index (χ4n) is 2.24. The summed E-state index contributed by atoms with van der Waals surface area (Å²) in [4.78, 5) is 15.7. The molecule has 0 spiro atoms. The zero-order valence-electron chi connectivity index (χ0n) is 11.6. The molecule has 1 aromatic carbocycles. The summed E-state index contributed by atoms with van der Waals surface area (Å²) in [6, 6.07) is 10.8. The molecule has 0 amide bonds. The molecule has 2 heterocycles. The Morgan fingerprint density at radius 2 is 2.00 bits per heavy atom. The van der Waals surface area contributed by atoms with Crippen LogP contribution in [-0.4, -0.2) is 23.6 Å². The standard InChI is InChI=1S/C15H13N3O3/c1-20-10-6-7-11(12(9-10)21-2)14-15(17-19)18-8-4-3-5-13(18)16-14/h3-9H,1-2H3. The summed E-state index contributed by atoms with van der Waals surface area (Å²) in [5, 5.41) is 3.12. The van der Waals surface area contributed by atoms with Gasteiger partial charge in [0.05, 0.1) is 14.2 Å². The predicted molar refractivity (Wildman–Crippen MR) is 79.2 cm³/mol. The van der Waals surface area contributed by atoms with Gasteiger partial charge in [0.25, 0.3) is 0 Å². The molecule has 0 aliphatic heterocycles. The number of benzene rings is 1. The Labute approximate surface area is 120 Å². The van der Waals surface area contributed by atoms with Crippen LogP contribution in [0.4, 0.5) is 5.82 Å². The number of hydrogen-bond acceptors (Lipinski definition) is 5. The topological polar surface area (TPSA) is 65.2 Å². The molecule has 106 valence electrons. The van der Waals surface area contributed by atoms with Gasteiger partial charge in [0.1, 0.15) is 22.8 Å². The van der Waals surface area contributed by atoms with Gasteiger partial charge in [0, 0.05) is 17.8 Å². The van der Waals surface area contributed by atoms with Crippen molar-refractivity contribution in [2.75, 3.05) is 14.2 Å². The molecule has 0 saturated carbocycles. The molecule has 0 aliphatic carbocycles. The Morgan fingerprint density at radius 1 is 1.14 bits per heavy atom. The molecule has 2 aromatic heterocycles. The van der Waals surface area contributed by atoms with Crippen molar-refractivity contribution in [1.82, 2.24) is 9.38 Å². The second kappa shape index (κ2) is 5.24. The van der Waals surface area contributed by atoms with E-state index in [1.165, 1.54) is 0 Å². The Morgan fingerprint density at radius 3 is 2.71 bits per heavy atom. The van der Waals surface area contributed by atoms with Crippen LogP contribution in [0.25, 0.3) is 16.9 Å². The van der Waals surface area contributed by atoms with Crippen molar-refractivity contribution in [2.24, 2.45) is 5.18 Å². The van der Waals surface area contributed by atoms with E-state index in [9.17, 15) is 4.91 Å². The molecular formula is C15H13N3O3. The van der Waals surface area contributed by atoms with E-state index in [1.54, 1.807) is 43.0 Å². The van der Waals surface area contributed by atoms with Crippen molar-refractivity contribution in [3.05, 3.63) is 47.5 Å². The average Bonchev–Trinajstić information content (AvgIpc) is 2.92. The number of fused-ring (bicyclic) bond motifs is 1. The number of aromatic nitrogens is 2. The van der Waals surface area contributed by atoms with Gasteiger partial charge < -0.3 is 9.47 Å². The van der Waals surface area contributed by atoms with Gasteiger partial charge >= 0.3 is 0 Å². The highest BCUT2D eigenvalue weighted by Crippen LogP contribution is 2.38. The van der Waals surface area contributed by atoms with Gasteiger partial charge in [0.2, 0.25) is 5.82 Å². The number of pyridine rings is 1. The molecule has 0 unspecified atom stereocenters. The number of methoxy groups -OCH3 is 2. The number of hydrogen-bond donors (Lipinski definition) is 0. The van der Waals surface area contributed by atoms with Gasteiger partial charge in [-0.3, -0.25) is 4.40 Å². The molecular weight excluding hydrogens is 270 g/mol. The van der Waals surface area contributed by atoms with E-state index >= 15 is 0 Å². The van der Waals surface area contributed by atoms with E-state index in [1.807, 2.05) is 18.2 Å². The maximum Gasteiger partial charge on any atom is 0.209 e. The summed E-state index contributed by atoms with van der Waals surface area (Å²) in [5.41, 5.74) is 1.83. The highest BCUT2D eigenvalue weighted by molar-refractivity contribution is 5.79. The molecule has 0 bridgehead atoms. The number of rotatable bonds is 4. The lowest BCUT2D eigenvalue weighted by Crippen LogP contribution is -1.90. The molecule has 0 fully saturated rings. The van der Waals surface area contributed by atoms with Gasteiger partial charge in [0.15, 0.2) is 0 Å². The third-order valence-corrected chi connectivity index (χ3v) is 3.25. The number of nitroso groups, excluding NO2 is 1. The van der Waals surface area contributed by atoms with Gasteiger partial charge in [-0.1, -0.05) is 6.07 Å². The van der Waals surface area contributed by atoms with Crippen molar-refractivity contribution in [3.63, 3.8) is 0 Å². The summed E-state index contributed by atoms with van der Waals surface area (Å²) in [6.45, 7) is 0. The number of nitrogens with zero attached hydrogens (tertiary/aromatic N) is 3. The first-order valence-corrected chi connectivity index (χ1v) is 6.31. The monoisotopic (exact) mass is 283 g/mol. The number of ether oxygens (including phenoxy) is 2. The van der Waals surface area contributed by atoms with Crippen molar-refractivity contribution >= 4 is 11.5 Å². The largest absolute Gasteiger partial charge is 0.497 e. The van der Waals surface area contributed by atoms with Gasteiger partial charge in [-0.15, -0.1) is 4.91 Å². The molecule has 0 aliphatic rings. The third-order valence-electron chi connectivity index (χ3n) is 3.25. The third kappa shape index (κ3) is 2.10. The zero-order valence-corrected chi connectivity index (χ0v) is 11.6. The molecule has 0 N–H and O–H groups in total. The molecule has 6 heteroatoms. The molecule has 0 saturated heterocycles. The molecule has 3 aromatic rings. The average molecular weight is 283 g/mol. The maximum atomic E-state index is 11.2. The van der Waals surface area contributed by atoms with Gasteiger partial charge in [-0.05, 0) is 29.4 Å². The van der Waals surface area contributed by atoms with Crippen LogP contribution in [0.5, 0.6) is 11.5 Å². The van der Waals surface area contributed by atoms with Crippen LogP contribution in [0, 0.1) is 4.91 Å². The minimum Gasteiger partial charge on any atom is -0.497 e. The molecule has 6 nitrogen and oxygen atoms in total. The fourth-order valence-corrected chi connectivity index (χ4v) is 2.24. The smallest absolute Gasteiger partial charge is 0.209 e. The molecule has 0 radical (unpaired) electrons. The normalized spacial score (nSPS) is 10.6. The molecule has 21 heavy (non-hydrogen) atoms. The van der Waals surface area contributed by atoms with E-state index in [2.05, 4.69) is 10.2 Å². The zero-order chi connectivity index (χ0) is 14.8. The van der Waals surface area contributed by atoms with Crippen molar-refractivity contribution in [2.45, 2.75) is 0 Å². The summed E-state index contributed by atoms with van der Waals surface area (Å²) in [5.74, 6) is 1.48. The number of imidazole rings is 1. The van der Waals surface area contributed by atoms with Crippen molar-refractivity contribution in [3.8, 4) is 22.8 Å². The Kier molecular flexibility index (Phi) is 3.27. The highest BCUT2D eigenvalue weighted by atomic mass is 16.5. The first kappa shape index (κ1) is 13.1. The molecule has 3 rings (SSSR count). The van der Waals surface area contributed by atoms with Gasteiger partial charge in [-0.25, -0.2) is 4.98 Å². The van der Waals surface area contributed by atoms with Crippen LogP contribution in [0.3, 0.4) is 0 Å². The summed E-state index contributed by atoms with van der Waals surface area (Å²) >= 11 is 0. The van der Waals surface area contributed by atoms with Crippen LogP contribution in [0.15, 0.2) is 47.8 Å². The highest BCUT2D eigenvalue weighted by Gasteiger charge is 2.18. The van der Waals surface area contributed by atoms with E-state index in [0.717, 1.165) is 0 Å². The second-order valence-corrected chi connectivity index (χ2v) is 4.37. The lowest BCUT2D eigenvalue weighted by molar-refractivity contribution is 0.395. The minimum atomic E-state index is 0.245. The quantitative estimate of drug-likeness (QED) is 0.688. The van der Waals surface area contributed by atoms with Crippen molar-refractivity contribution < 1.29 is 9.47 Å². The first-order valence-electron chi connectivity index (χ1n) is 6.31. The first-order chi connectivity index (χ1) is 10.3. The van der Waals surface area contributed by atoms with E-state index in [0.29, 0.717) is 28.4 Å². The van der Waals surface area contributed by atoms with Crippen LogP contribution in [0.1, 0.15) is 0 Å². The Bertz CT molecular complexity index is 811. The second-order valence-electron chi connectivity index (χ2n) is 4.37. The molecule has 0 atom stereocenters. The van der Waals surface area contributed by atoms with E-state index in [4.69, 9.17) is 9.47 Å². The van der Waals surface area contributed by atoms with E-state index in [-0.39, 0.29) is 5.82 Å². The van der Waals surface area contributed by atoms with E-state index < -0.39 is 0 Å². The minimum absolute atomic E-state index is 0.245. The maximum absolute atomic E-state index is 11.2. The van der Waals surface area contributed by atoms with Crippen LogP contribution >= 0.6 is 0 Å². The van der Waals surface area contributed by atoms with Gasteiger partial charge in [-0.2, -0.15) is 0 Å². The Hall–Kier alpha value is -2.89. The fraction of sp³-hybridized carbons (Fsp3) is 0.133. The van der Waals surface area contributed by atoms with Crippen LogP contribution in [-0.2, 0) is 0 Å². The lowest BCUT2D eigenvalue weighted by atomic mass is 10.1. The Balaban J connectivity index is 2.27.